The molecule has 24 heavy (non-hydrogen) atoms. The summed E-state index contributed by atoms with van der Waals surface area (Å²) >= 11 is 7.68. The molecule has 0 aliphatic heterocycles. The van der Waals surface area contributed by atoms with Gasteiger partial charge in [0.2, 0.25) is 5.89 Å². The Hall–Kier alpha value is -2.31. The molecule has 0 fully saturated rings. The van der Waals surface area contributed by atoms with E-state index in [1.807, 2.05) is 30.5 Å². The van der Waals surface area contributed by atoms with E-state index < -0.39 is 0 Å². The van der Waals surface area contributed by atoms with Gasteiger partial charge in [-0.2, -0.15) is 0 Å². The average molecular weight is 360 g/mol. The maximum absolute atomic E-state index is 12.1. The molecule has 1 amide bonds. The number of thioether (sulfide) groups is 1. The van der Waals surface area contributed by atoms with Crippen LogP contribution in [0.5, 0.6) is 0 Å². The first-order chi connectivity index (χ1) is 11.7. The molecule has 0 aliphatic carbocycles. The van der Waals surface area contributed by atoms with Gasteiger partial charge in [-0.1, -0.05) is 41.0 Å². The molecule has 1 aromatic heterocycles. The Morgan fingerprint density at radius 2 is 1.92 bits per heavy atom. The lowest BCUT2D eigenvalue weighted by molar-refractivity contribution is 0.102. The minimum absolute atomic E-state index is 0.0515. The van der Waals surface area contributed by atoms with Crippen molar-refractivity contribution in [1.82, 2.24) is 10.2 Å². The quantitative estimate of drug-likeness (QED) is 0.688. The highest BCUT2D eigenvalue weighted by atomic mass is 35.5. The minimum atomic E-state index is -0.389. The molecule has 3 aromatic rings. The second kappa shape index (κ2) is 7.51. The molecule has 3 rings (SSSR count). The summed E-state index contributed by atoms with van der Waals surface area (Å²) < 4.78 is 5.47. The van der Waals surface area contributed by atoms with Gasteiger partial charge < -0.3 is 4.42 Å². The zero-order valence-corrected chi connectivity index (χ0v) is 14.4. The highest BCUT2D eigenvalue weighted by molar-refractivity contribution is 7.98. The van der Waals surface area contributed by atoms with E-state index in [9.17, 15) is 4.79 Å². The van der Waals surface area contributed by atoms with Crippen LogP contribution in [0.15, 0.2) is 57.8 Å². The van der Waals surface area contributed by atoms with Gasteiger partial charge in [-0.3, -0.25) is 10.1 Å². The molecular weight excluding hydrogens is 346 g/mol. The van der Waals surface area contributed by atoms with Crippen LogP contribution in [-0.2, 0) is 6.42 Å². The van der Waals surface area contributed by atoms with Crippen LogP contribution in [0, 0.1) is 0 Å². The summed E-state index contributed by atoms with van der Waals surface area (Å²) in [4.78, 5) is 13.3. The lowest BCUT2D eigenvalue weighted by Gasteiger charge is -2.02. The standard InChI is InChI=1S/C17H14ClN3O2S/c1-24-12-8-6-11(7-9-12)10-15-20-21-17(23-15)19-16(22)13-4-2-3-5-14(13)18/h2-9H,10H2,1H3,(H,19,21,22). The van der Waals surface area contributed by atoms with E-state index in [0.29, 0.717) is 22.9 Å². The van der Waals surface area contributed by atoms with Gasteiger partial charge in [0.25, 0.3) is 5.91 Å². The number of nitrogens with zero attached hydrogens (tertiary/aromatic N) is 2. The molecule has 1 N–H and O–H groups in total. The normalized spacial score (nSPS) is 10.6. The molecule has 0 aliphatic rings. The van der Waals surface area contributed by atoms with Crippen LogP contribution in [-0.4, -0.2) is 22.4 Å². The molecule has 0 saturated heterocycles. The Labute approximate surface area is 148 Å². The Balaban J connectivity index is 1.67. The predicted molar refractivity (Wildman–Crippen MR) is 94.7 cm³/mol. The topological polar surface area (TPSA) is 68.0 Å². The van der Waals surface area contributed by atoms with Gasteiger partial charge in [-0.05, 0) is 36.1 Å². The largest absolute Gasteiger partial charge is 0.407 e. The summed E-state index contributed by atoms with van der Waals surface area (Å²) in [6.45, 7) is 0. The number of aromatic nitrogens is 2. The van der Waals surface area contributed by atoms with Crippen molar-refractivity contribution < 1.29 is 9.21 Å². The number of carbonyl (C=O) groups excluding carboxylic acids is 1. The molecule has 2 aromatic carbocycles. The number of halogens is 1. The van der Waals surface area contributed by atoms with Crippen molar-refractivity contribution in [3.8, 4) is 0 Å². The fourth-order valence-corrected chi connectivity index (χ4v) is 2.73. The summed E-state index contributed by atoms with van der Waals surface area (Å²) in [5.74, 6) is 0.0430. The Morgan fingerprint density at radius 3 is 2.62 bits per heavy atom. The van der Waals surface area contributed by atoms with Gasteiger partial charge in [0.1, 0.15) is 0 Å². The van der Waals surface area contributed by atoms with Crippen molar-refractivity contribution in [2.24, 2.45) is 0 Å². The number of benzene rings is 2. The van der Waals surface area contributed by atoms with Gasteiger partial charge in [-0.15, -0.1) is 16.9 Å². The number of amides is 1. The van der Waals surface area contributed by atoms with Crippen LogP contribution in [0.4, 0.5) is 6.01 Å². The first-order valence-corrected chi connectivity index (χ1v) is 8.77. The zero-order chi connectivity index (χ0) is 16.9. The van der Waals surface area contributed by atoms with Crippen LogP contribution in [0.25, 0.3) is 0 Å². The predicted octanol–water partition coefficient (Wildman–Crippen LogP) is 4.29. The molecule has 0 unspecified atom stereocenters. The number of hydrogen-bond acceptors (Lipinski definition) is 5. The molecule has 5 nitrogen and oxygen atoms in total. The Kier molecular flexibility index (Phi) is 5.17. The lowest BCUT2D eigenvalue weighted by Crippen LogP contribution is -2.12. The molecule has 1 heterocycles. The van der Waals surface area contributed by atoms with Gasteiger partial charge in [0.15, 0.2) is 0 Å². The smallest absolute Gasteiger partial charge is 0.322 e. The summed E-state index contributed by atoms with van der Waals surface area (Å²) in [6.07, 6.45) is 2.53. The van der Waals surface area contributed by atoms with Crippen molar-refractivity contribution in [1.29, 1.82) is 0 Å². The van der Waals surface area contributed by atoms with E-state index in [-0.39, 0.29) is 11.9 Å². The lowest BCUT2D eigenvalue weighted by atomic mass is 10.1. The number of rotatable bonds is 5. The SMILES string of the molecule is CSc1ccc(Cc2nnc(NC(=O)c3ccccc3Cl)o2)cc1. The van der Waals surface area contributed by atoms with E-state index in [1.165, 1.54) is 4.90 Å². The minimum Gasteiger partial charge on any atom is -0.407 e. The third-order valence-corrected chi connectivity index (χ3v) is 4.39. The fourth-order valence-electron chi connectivity index (χ4n) is 2.10. The molecule has 0 atom stereocenters. The van der Waals surface area contributed by atoms with Crippen LogP contribution >= 0.6 is 23.4 Å². The third kappa shape index (κ3) is 3.96. The first kappa shape index (κ1) is 16.5. The highest BCUT2D eigenvalue weighted by Crippen LogP contribution is 2.19. The highest BCUT2D eigenvalue weighted by Gasteiger charge is 2.14. The summed E-state index contributed by atoms with van der Waals surface area (Å²) in [5.41, 5.74) is 1.41. The van der Waals surface area contributed by atoms with Crippen molar-refractivity contribution >= 4 is 35.3 Å². The van der Waals surface area contributed by atoms with E-state index in [1.54, 1.807) is 36.0 Å². The number of hydrogen-bond donors (Lipinski definition) is 1. The number of carbonyl (C=O) groups is 1. The first-order valence-electron chi connectivity index (χ1n) is 7.17. The molecular formula is C17H14ClN3O2S. The maximum atomic E-state index is 12.1. The van der Waals surface area contributed by atoms with Crippen LogP contribution in [0.3, 0.4) is 0 Å². The zero-order valence-electron chi connectivity index (χ0n) is 12.8. The molecule has 122 valence electrons. The molecule has 0 spiro atoms. The number of anilines is 1. The van der Waals surface area contributed by atoms with E-state index in [2.05, 4.69) is 15.5 Å². The Bertz CT molecular complexity index is 849. The van der Waals surface area contributed by atoms with Crippen LogP contribution in [0.2, 0.25) is 5.02 Å². The summed E-state index contributed by atoms with van der Waals surface area (Å²) in [6, 6.07) is 14.9. The molecule has 0 saturated carbocycles. The summed E-state index contributed by atoms with van der Waals surface area (Å²) in [7, 11) is 0. The van der Waals surface area contributed by atoms with E-state index in [4.69, 9.17) is 16.0 Å². The molecule has 7 heteroatoms. The van der Waals surface area contributed by atoms with E-state index >= 15 is 0 Å². The average Bonchev–Trinajstić information content (AvgIpc) is 3.02. The van der Waals surface area contributed by atoms with Gasteiger partial charge in [0, 0.05) is 4.90 Å². The van der Waals surface area contributed by atoms with Gasteiger partial charge >= 0.3 is 6.01 Å². The second-order valence-electron chi connectivity index (χ2n) is 4.96. The van der Waals surface area contributed by atoms with Crippen molar-refractivity contribution in [3.63, 3.8) is 0 Å². The Morgan fingerprint density at radius 1 is 1.17 bits per heavy atom. The van der Waals surface area contributed by atoms with Gasteiger partial charge in [-0.25, -0.2) is 0 Å². The third-order valence-electron chi connectivity index (χ3n) is 3.32. The fraction of sp³-hybridized carbons (Fsp3) is 0.118. The van der Waals surface area contributed by atoms with Gasteiger partial charge in [0.05, 0.1) is 17.0 Å². The number of nitrogens with one attached hydrogen (secondary N) is 1. The second-order valence-corrected chi connectivity index (χ2v) is 6.25. The molecule has 0 bridgehead atoms. The monoisotopic (exact) mass is 359 g/mol. The maximum Gasteiger partial charge on any atom is 0.322 e. The van der Waals surface area contributed by atoms with Crippen molar-refractivity contribution in [2.75, 3.05) is 11.6 Å². The van der Waals surface area contributed by atoms with Crippen molar-refractivity contribution in [3.05, 3.63) is 70.6 Å². The van der Waals surface area contributed by atoms with E-state index in [0.717, 1.165) is 5.56 Å². The molecule has 0 radical (unpaired) electrons. The van der Waals surface area contributed by atoms with Crippen molar-refractivity contribution in [2.45, 2.75) is 11.3 Å². The van der Waals surface area contributed by atoms with Crippen LogP contribution < -0.4 is 5.32 Å². The summed E-state index contributed by atoms with van der Waals surface area (Å²) in [5, 5.41) is 10.7. The van der Waals surface area contributed by atoms with Crippen LogP contribution in [0.1, 0.15) is 21.8 Å².